The Morgan fingerprint density at radius 1 is 1.06 bits per heavy atom. The fourth-order valence-electron chi connectivity index (χ4n) is 0.385. The maximum absolute atomic E-state index is 10.3. The molecule has 0 saturated carbocycles. The standard InChI is InChI=1S/C6H12N2O4S2.CN/c7-3(5(9)10)1-13-14-2-4(8)6(11)12;1-2/h3-4H,1-2,7-8H2,(H,9,10)(H,11,12);/q;-1. The number of rotatable bonds is 7. The molecule has 0 radical (unpaired) electrons. The van der Waals surface area contributed by atoms with Crippen LogP contribution in [-0.2, 0) is 9.59 Å². The quantitative estimate of drug-likeness (QED) is 0.266. The van der Waals surface area contributed by atoms with Crippen LogP contribution in [0.1, 0.15) is 0 Å². The molecule has 0 saturated heterocycles. The number of nitrogens with two attached hydrogens (primary N) is 2. The zero-order valence-corrected chi connectivity index (χ0v) is 9.83. The van der Waals surface area contributed by atoms with E-state index in [9.17, 15) is 9.59 Å². The van der Waals surface area contributed by atoms with Gasteiger partial charge in [-0.25, -0.2) is 0 Å². The lowest BCUT2D eigenvalue weighted by atomic mass is 10.4. The predicted octanol–water partition coefficient (Wildman–Crippen LogP) is -0.712. The summed E-state index contributed by atoms with van der Waals surface area (Å²) >= 11 is 0. The maximum Gasteiger partial charge on any atom is 0.321 e. The number of carboxylic acids is 2. The fourth-order valence-corrected chi connectivity index (χ4v) is 2.61. The molecule has 0 heterocycles. The van der Waals surface area contributed by atoms with Gasteiger partial charge in [-0.3, -0.25) is 9.59 Å². The summed E-state index contributed by atoms with van der Waals surface area (Å²) in [6.45, 7) is 4.75. The van der Waals surface area contributed by atoms with Gasteiger partial charge in [0.25, 0.3) is 0 Å². The first-order chi connectivity index (χ1) is 7.45. The molecule has 6 N–H and O–H groups in total. The van der Waals surface area contributed by atoms with Crippen molar-refractivity contribution in [3.05, 3.63) is 6.57 Å². The van der Waals surface area contributed by atoms with Gasteiger partial charge in [0.1, 0.15) is 12.1 Å². The number of carbonyl (C=O) groups is 2. The summed E-state index contributed by atoms with van der Waals surface area (Å²) in [6.07, 6.45) is 0. The molecule has 0 aromatic heterocycles. The Balaban J connectivity index is 0. The Morgan fingerprint density at radius 3 is 1.50 bits per heavy atom. The van der Waals surface area contributed by atoms with Crippen LogP contribution in [0.25, 0.3) is 0 Å². The fraction of sp³-hybridized carbons (Fsp3) is 0.571. The maximum atomic E-state index is 10.3. The van der Waals surface area contributed by atoms with Gasteiger partial charge in [0.15, 0.2) is 0 Å². The first kappa shape index (κ1) is 17.4. The average molecular weight is 266 g/mol. The lowest BCUT2D eigenvalue weighted by Crippen LogP contribution is -2.33. The van der Waals surface area contributed by atoms with Gasteiger partial charge in [-0.05, 0) is 0 Å². The van der Waals surface area contributed by atoms with E-state index in [1.807, 2.05) is 0 Å². The molecule has 0 aromatic rings. The molecule has 0 fully saturated rings. The van der Waals surface area contributed by atoms with Crippen molar-refractivity contribution >= 4 is 33.5 Å². The summed E-state index contributed by atoms with van der Waals surface area (Å²) in [5.74, 6) is -1.68. The van der Waals surface area contributed by atoms with Gasteiger partial charge in [-0.2, -0.15) is 0 Å². The van der Waals surface area contributed by atoms with Gasteiger partial charge in [-0.15, -0.1) is 0 Å². The lowest BCUT2D eigenvalue weighted by molar-refractivity contribution is -0.138. The minimum absolute atomic E-state index is 0.229. The highest BCUT2D eigenvalue weighted by molar-refractivity contribution is 8.76. The third-order valence-corrected chi connectivity index (χ3v) is 3.69. The van der Waals surface area contributed by atoms with Gasteiger partial charge in [-0.1, -0.05) is 21.6 Å². The van der Waals surface area contributed by atoms with Crippen molar-refractivity contribution in [2.45, 2.75) is 12.1 Å². The van der Waals surface area contributed by atoms with Crippen LogP contribution in [0.5, 0.6) is 0 Å². The van der Waals surface area contributed by atoms with E-state index in [4.69, 9.17) is 33.5 Å². The third kappa shape index (κ3) is 9.60. The van der Waals surface area contributed by atoms with Crippen molar-refractivity contribution in [1.29, 1.82) is 5.26 Å². The first-order valence-corrected chi connectivity index (χ1v) is 6.37. The van der Waals surface area contributed by atoms with Crippen molar-refractivity contribution in [3.63, 3.8) is 0 Å². The van der Waals surface area contributed by atoms with Crippen molar-refractivity contribution in [3.8, 4) is 0 Å². The van der Waals surface area contributed by atoms with Crippen LogP contribution >= 0.6 is 21.6 Å². The van der Waals surface area contributed by atoms with E-state index in [1.54, 1.807) is 0 Å². The number of hydrogen-bond acceptors (Lipinski definition) is 7. The van der Waals surface area contributed by atoms with E-state index >= 15 is 0 Å². The highest BCUT2D eigenvalue weighted by Crippen LogP contribution is 2.22. The summed E-state index contributed by atoms with van der Waals surface area (Å²) in [5.41, 5.74) is 10.4. The Hall–Kier alpha value is -0.950. The molecular formula is C7H12N3O4S2-. The van der Waals surface area contributed by atoms with Gasteiger partial charge in [0.2, 0.25) is 0 Å². The molecule has 0 aliphatic carbocycles. The molecule has 0 bridgehead atoms. The summed E-state index contributed by atoms with van der Waals surface area (Å²) in [5, 5.41) is 23.1. The normalized spacial score (nSPS) is 13.0. The van der Waals surface area contributed by atoms with E-state index in [0.29, 0.717) is 0 Å². The molecule has 2 atom stereocenters. The van der Waals surface area contributed by atoms with Crippen LogP contribution in [0.3, 0.4) is 0 Å². The molecule has 92 valence electrons. The summed E-state index contributed by atoms with van der Waals surface area (Å²) in [6, 6.07) is -1.85. The minimum atomic E-state index is -1.07. The summed E-state index contributed by atoms with van der Waals surface area (Å²) in [4.78, 5) is 20.5. The molecule has 9 heteroatoms. The highest BCUT2D eigenvalue weighted by atomic mass is 33.1. The van der Waals surface area contributed by atoms with E-state index in [0.717, 1.165) is 0 Å². The third-order valence-electron chi connectivity index (χ3n) is 1.21. The molecule has 0 amide bonds. The van der Waals surface area contributed by atoms with Crippen molar-refractivity contribution < 1.29 is 19.8 Å². The Labute approximate surface area is 101 Å². The van der Waals surface area contributed by atoms with Crippen LogP contribution in [0.4, 0.5) is 0 Å². The molecule has 16 heavy (non-hydrogen) atoms. The van der Waals surface area contributed by atoms with Gasteiger partial charge < -0.3 is 33.5 Å². The number of aliphatic carboxylic acids is 2. The van der Waals surface area contributed by atoms with Crippen molar-refractivity contribution in [1.82, 2.24) is 0 Å². The van der Waals surface area contributed by atoms with Crippen LogP contribution in [-0.4, -0.2) is 45.7 Å². The lowest BCUT2D eigenvalue weighted by Gasteiger charge is -2.07. The van der Waals surface area contributed by atoms with E-state index in [-0.39, 0.29) is 11.5 Å². The predicted molar refractivity (Wildman–Crippen MR) is 61.1 cm³/mol. The number of carboxylic acid groups (broad SMARTS) is 2. The zero-order valence-electron chi connectivity index (χ0n) is 8.20. The van der Waals surface area contributed by atoms with Crippen LogP contribution < -0.4 is 11.5 Å². The van der Waals surface area contributed by atoms with Gasteiger partial charge >= 0.3 is 11.9 Å². The summed E-state index contributed by atoms with van der Waals surface area (Å²) in [7, 11) is 2.41. The Bertz CT molecular complexity index is 227. The minimum Gasteiger partial charge on any atom is -0.512 e. The molecule has 0 aromatic carbocycles. The first-order valence-electron chi connectivity index (χ1n) is 3.88. The second-order valence-corrected chi connectivity index (χ2v) is 5.01. The molecule has 7 nitrogen and oxygen atoms in total. The number of nitrogens with zero attached hydrogens (tertiary/aromatic N) is 1. The van der Waals surface area contributed by atoms with E-state index in [2.05, 4.69) is 0 Å². The Morgan fingerprint density at radius 2 is 1.31 bits per heavy atom. The second kappa shape index (κ2) is 10.6. The van der Waals surface area contributed by atoms with Crippen LogP contribution in [0.15, 0.2) is 0 Å². The van der Waals surface area contributed by atoms with Crippen LogP contribution in [0, 0.1) is 11.8 Å². The monoisotopic (exact) mass is 266 g/mol. The van der Waals surface area contributed by atoms with Gasteiger partial charge in [0.05, 0.1) is 0 Å². The molecule has 0 rings (SSSR count). The average Bonchev–Trinajstić information content (AvgIpc) is 2.26. The smallest absolute Gasteiger partial charge is 0.321 e. The largest absolute Gasteiger partial charge is 0.512 e. The molecule has 2 unspecified atom stereocenters. The second-order valence-electron chi connectivity index (χ2n) is 2.46. The zero-order chi connectivity index (χ0) is 13.1. The molecule has 0 aliphatic heterocycles. The van der Waals surface area contributed by atoms with E-state index in [1.165, 1.54) is 21.6 Å². The van der Waals surface area contributed by atoms with Crippen LogP contribution in [0.2, 0.25) is 0 Å². The van der Waals surface area contributed by atoms with Crippen molar-refractivity contribution in [2.75, 3.05) is 11.5 Å². The molecular weight excluding hydrogens is 254 g/mol. The number of hydrogen-bond donors (Lipinski definition) is 4. The van der Waals surface area contributed by atoms with Crippen molar-refractivity contribution in [2.24, 2.45) is 11.5 Å². The molecule has 0 aliphatic rings. The van der Waals surface area contributed by atoms with Gasteiger partial charge in [0, 0.05) is 11.5 Å². The SMILES string of the molecule is NC(CSSCC(N)C(=O)O)C(=O)O.[C-]#N. The van der Waals surface area contributed by atoms with E-state index < -0.39 is 24.0 Å². The molecule has 0 spiro atoms. The Kier molecular flexibility index (Phi) is 11.5. The highest BCUT2D eigenvalue weighted by Gasteiger charge is 2.14. The summed E-state index contributed by atoms with van der Waals surface area (Å²) < 4.78 is 0. The topological polar surface area (TPSA) is 150 Å².